The van der Waals surface area contributed by atoms with Crippen molar-refractivity contribution < 1.29 is 17.3 Å². The molecule has 1 saturated heterocycles. The molecule has 0 spiro atoms. The van der Waals surface area contributed by atoms with Gasteiger partial charge in [0.05, 0.1) is 52.2 Å². The molecule has 1 fully saturated rings. The number of fused-ring (bicyclic) bond motifs is 3. The molecule has 9 heteroatoms. The lowest BCUT2D eigenvalue weighted by molar-refractivity contribution is -0.0323. The summed E-state index contributed by atoms with van der Waals surface area (Å²) in [5.74, 6) is 1.02. The Morgan fingerprint density at radius 2 is 2.00 bits per heavy atom. The van der Waals surface area contributed by atoms with Crippen molar-refractivity contribution in [3.05, 3.63) is 53.3 Å². The number of thiophene rings is 1. The van der Waals surface area contributed by atoms with E-state index in [4.69, 9.17) is 13.9 Å². The minimum absolute atomic E-state index is 0.0212. The van der Waals surface area contributed by atoms with Crippen molar-refractivity contribution in [2.45, 2.75) is 50.2 Å². The largest absolute Gasteiger partial charge is 0.374 e. The summed E-state index contributed by atoms with van der Waals surface area (Å²) in [6.07, 6.45) is 3.99. The van der Waals surface area contributed by atoms with E-state index in [2.05, 4.69) is 21.9 Å². The van der Waals surface area contributed by atoms with Crippen molar-refractivity contribution in [3.8, 4) is 0 Å². The van der Waals surface area contributed by atoms with Gasteiger partial charge in [0, 0.05) is 6.42 Å². The fourth-order valence-electron chi connectivity index (χ4n) is 4.23. The maximum atomic E-state index is 12.5. The fourth-order valence-corrected chi connectivity index (χ4v) is 6.06. The zero-order valence-corrected chi connectivity index (χ0v) is 19.7. The Morgan fingerprint density at radius 3 is 2.72 bits per heavy atom. The second-order valence-corrected chi connectivity index (χ2v) is 10.6. The van der Waals surface area contributed by atoms with Crippen LogP contribution in [0.15, 0.2) is 46.8 Å². The Hall–Kier alpha value is -2.33. The van der Waals surface area contributed by atoms with Gasteiger partial charge < -0.3 is 9.30 Å². The molecule has 0 bridgehead atoms. The third-order valence-corrected chi connectivity index (χ3v) is 8.15. The van der Waals surface area contributed by atoms with Crippen molar-refractivity contribution in [3.63, 3.8) is 0 Å². The van der Waals surface area contributed by atoms with Crippen molar-refractivity contribution in [2.75, 3.05) is 13.2 Å². The van der Waals surface area contributed by atoms with E-state index in [-0.39, 0.29) is 23.6 Å². The molecule has 4 aromatic rings. The summed E-state index contributed by atoms with van der Waals surface area (Å²) in [6, 6.07) is 8.84. The molecule has 0 saturated carbocycles. The Labute approximate surface area is 191 Å². The maximum absolute atomic E-state index is 12.5. The normalized spacial score (nSPS) is 19.7. The van der Waals surface area contributed by atoms with Crippen molar-refractivity contribution in [2.24, 2.45) is 0 Å². The third-order valence-electron chi connectivity index (χ3n) is 5.94. The van der Waals surface area contributed by atoms with Gasteiger partial charge in [0.1, 0.15) is 11.3 Å². The van der Waals surface area contributed by atoms with Gasteiger partial charge in [0.15, 0.2) is 0 Å². The van der Waals surface area contributed by atoms with Gasteiger partial charge in [-0.1, -0.05) is 24.6 Å². The number of ether oxygens (including phenoxy) is 1. The van der Waals surface area contributed by atoms with Crippen LogP contribution >= 0.6 is 11.3 Å². The van der Waals surface area contributed by atoms with Crippen LogP contribution in [0, 0.1) is 6.92 Å². The van der Waals surface area contributed by atoms with E-state index in [0.29, 0.717) is 6.61 Å². The highest BCUT2D eigenvalue weighted by molar-refractivity contribution is 7.86. The Balaban J connectivity index is 1.30. The molecular weight excluding hydrogens is 446 g/mol. The summed E-state index contributed by atoms with van der Waals surface area (Å²) >= 11 is 1.68. The first-order chi connectivity index (χ1) is 15.5. The van der Waals surface area contributed by atoms with Gasteiger partial charge in [0.2, 0.25) is 0 Å². The van der Waals surface area contributed by atoms with Crippen LogP contribution in [0.5, 0.6) is 0 Å². The number of imidazole rings is 1. The first-order valence-electron chi connectivity index (χ1n) is 10.8. The minimum Gasteiger partial charge on any atom is -0.374 e. The van der Waals surface area contributed by atoms with E-state index in [1.54, 1.807) is 35.6 Å². The highest BCUT2D eigenvalue weighted by atomic mass is 32.2. The number of aromatic nitrogens is 3. The highest BCUT2D eigenvalue weighted by Crippen LogP contribution is 2.34. The summed E-state index contributed by atoms with van der Waals surface area (Å²) in [5.41, 5.74) is 4.01. The number of nitrogens with zero attached hydrogens (tertiary/aromatic N) is 3. The van der Waals surface area contributed by atoms with Gasteiger partial charge in [0.25, 0.3) is 10.1 Å². The number of benzene rings is 1. The van der Waals surface area contributed by atoms with E-state index in [9.17, 15) is 8.42 Å². The first-order valence-corrected chi connectivity index (χ1v) is 13.1. The van der Waals surface area contributed by atoms with E-state index in [1.165, 1.54) is 0 Å². The predicted octanol–water partition coefficient (Wildman–Crippen LogP) is 4.64. The summed E-state index contributed by atoms with van der Waals surface area (Å²) in [4.78, 5) is 9.50. The van der Waals surface area contributed by atoms with Crippen LogP contribution in [-0.4, -0.2) is 42.3 Å². The Bertz CT molecular complexity index is 1350. The summed E-state index contributed by atoms with van der Waals surface area (Å²) in [5, 5.41) is 2.05. The SMILES string of the molecule is CCc1nc2cnc3ccsc3c2n1[C@H]1CC[C@H](COS(=O)(=O)c2ccc(C)cc2)OC1. The molecule has 32 heavy (non-hydrogen) atoms. The lowest BCUT2D eigenvalue weighted by Crippen LogP contribution is -2.32. The topological polar surface area (TPSA) is 83.3 Å². The molecule has 168 valence electrons. The van der Waals surface area contributed by atoms with Crippen LogP contribution in [0.2, 0.25) is 0 Å². The quantitative estimate of drug-likeness (QED) is 0.381. The first kappa shape index (κ1) is 21.5. The number of hydrogen-bond donors (Lipinski definition) is 0. The van der Waals surface area contributed by atoms with Gasteiger partial charge >= 0.3 is 0 Å². The second kappa shape index (κ2) is 8.55. The van der Waals surface area contributed by atoms with E-state index < -0.39 is 10.1 Å². The van der Waals surface area contributed by atoms with Crippen molar-refractivity contribution in [1.29, 1.82) is 0 Å². The molecule has 3 aromatic heterocycles. The number of pyridine rings is 1. The molecule has 0 amide bonds. The van der Waals surface area contributed by atoms with Gasteiger partial charge in [-0.25, -0.2) is 4.98 Å². The molecule has 5 rings (SSSR count). The van der Waals surface area contributed by atoms with Crippen LogP contribution in [0.3, 0.4) is 0 Å². The molecular formula is C23H25N3O4S2. The Morgan fingerprint density at radius 1 is 1.19 bits per heavy atom. The van der Waals surface area contributed by atoms with E-state index in [0.717, 1.165) is 51.9 Å². The van der Waals surface area contributed by atoms with Crippen molar-refractivity contribution in [1.82, 2.24) is 14.5 Å². The van der Waals surface area contributed by atoms with Crippen LogP contribution in [0.4, 0.5) is 0 Å². The fraction of sp³-hybridized carbons (Fsp3) is 0.391. The molecule has 0 radical (unpaired) electrons. The summed E-state index contributed by atoms with van der Waals surface area (Å²) in [7, 11) is -3.79. The van der Waals surface area contributed by atoms with E-state index in [1.807, 2.05) is 19.2 Å². The van der Waals surface area contributed by atoms with Crippen LogP contribution in [-0.2, 0) is 25.5 Å². The lowest BCUT2D eigenvalue weighted by Gasteiger charge is -2.31. The zero-order chi connectivity index (χ0) is 22.3. The summed E-state index contributed by atoms with van der Waals surface area (Å²) < 4.78 is 39.7. The Kier molecular flexibility index (Phi) is 5.75. The van der Waals surface area contributed by atoms with Gasteiger partial charge in [-0.3, -0.25) is 9.17 Å². The summed E-state index contributed by atoms with van der Waals surface area (Å²) in [6.45, 7) is 4.53. The highest BCUT2D eigenvalue weighted by Gasteiger charge is 2.28. The standard InChI is InChI=1S/C23H25N3O4S2/c1-3-21-25-20-12-24-19-10-11-31-23(19)22(20)26(21)16-6-7-17(29-13-16)14-30-32(27,28)18-8-4-15(2)5-9-18/h4-5,8-12,16-17H,3,6-7,13-14H2,1-2H3/t16-,17+/m0/s1. The van der Waals surface area contributed by atoms with Crippen LogP contribution < -0.4 is 0 Å². The van der Waals surface area contributed by atoms with Crippen LogP contribution in [0.1, 0.15) is 37.2 Å². The lowest BCUT2D eigenvalue weighted by atomic mass is 10.0. The zero-order valence-electron chi connectivity index (χ0n) is 18.0. The predicted molar refractivity (Wildman–Crippen MR) is 125 cm³/mol. The van der Waals surface area contributed by atoms with Gasteiger partial charge in [-0.15, -0.1) is 11.3 Å². The second-order valence-electron chi connectivity index (χ2n) is 8.12. The molecule has 7 nitrogen and oxygen atoms in total. The number of rotatable bonds is 6. The molecule has 0 N–H and O–H groups in total. The van der Waals surface area contributed by atoms with E-state index >= 15 is 0 Å². The molecule has 1 aromatic carbocycles. The molecule has 1 aliphatic rings. The smallest absolute Gasteiger partial charge is 0.297 e. The molecule has 2 atom stereocenters. The molecule has 0 unspecified atom stereocenters. The minimum atomic E-state index is -3.79. The monoisotopic (exact) mass is 471 g/mol. The average Bonchev–Trinajstić information content (AvgIpc) is 3.42. The van der Waals surface area contributed by atoms with Crippen molar-refractivity contribution >= 4 is 42.7 Å². The van der Waals surface area contributed by atoms with Crippen LogP contribution in [0.25, 0.3) is 21.3 Å². The molecule has 4 heterocycles. The van der Waals surface area contributed by atoms with Gasteiger partial charge in [-0.05, 0) is 43.3 Å². The molecule has 0 aliphatic carbocycles. The number of aryl methyl sites for hydroxylation is 2. The van der Waals surface area contributed by atoms with Gasteiger partial charge in [-0.2, -0.15) is 8.42 Å². The maximum Gasteiger partial charge on any atom is 0.297 e. The number of hydrogen-bond acceptors (Lipinski definition) is 7. The third kappa shape index (κ3) is 3.94. The average molecular weight is 472 g/mol. The molecule has 1 aliphatic heterocycles.